The van der Waals surface area contributed by atoms with Crippen LogP contribution in [0, 0.1) is 0 Å². The van der Waals surface area contributed by atoms with E-state index in [9.17, 15) is 4.79 Å². The van der Waals surface area contributed by atoms with Crippen LogP contribution < -0.4 is 10.8 Å². The third-order valence-corrected chi connectivity index (χ3v) is 2.03. The summed E-state index contributed by atoms with van der Waals surface area (Å²) in [4.78, 5) is 15.6. The maximum atomic E-state index is 11.1. The monoisotopic (exact) mass is 208 g/mol. The molecule has 1 aromatic carbocycles. The summed E-state index contributed by atoms with van der Waals surface area (Å²) in [5.41, 5.74) is 4.17. The molecule has 0 atom stereocenters. The number of nitrogens with one attached hydrogen (secondary N) is 2. The first kappa shape index (κ1) is 11.5. The van der Waals surface area contributed by atoms with Gasteiger partial charge in [0, 0.05) is 5.69 Å². The molecular weight excluding hydrogens is 192 g/mol. The summed E-state index contributed by atoms with van der Waals surface area (Å²) in [7, 11) is 1.39. The molecule has 0 radical (unpaired) electrons. The Morgan fingerprint density at radius 3 is 2.33 bits per heavy atom. The molecule has 82 valence electrons. The van der Waals surface area contributed by atoms with Crippen molar-refractivity contribution >= 4 is 11.7 Å². The Hall–Kier alpha value is -1.55. The van der Waals surface area contributed by atoms with Gasteiger partial charge < -0.3 is 5.32 Å². The number of hydrogen-bond donors (Lipinski definition) is 2. The van der Waals surface area contributed by atoms with E-state index in [-0.39, 0.29) is 6.03 Å². The van der Waals surface area contributed by atoms with Gasteiger partial charge in [0.15, 0.2) is 0 Å². The molecule has 4 heteroatoms. The number of anilines is 1. The predicted octanol–water partition coefficient (Wildman–Crippen LogP) is 2.49. The van der Waals surface area contributed by atoms with Gasteiger partial charge in [-0.3, -0.25) is 4.84 Å². The van der Waals surface area contributed by atoms with Crippen molar-refractivity contribution in [2.45, 2.75) is 19.8 Å². The maximum absolute atomic E-state index is 11.1. The number of carbonyl (C=O) groups excluding carboxylic acids is 1. The number of hydrogen-bond acceptors (Lipinski definition) is 2. The number of amides is 2. The molecule has 0 aliphatic rings. The molecule has 0 heterocycles. The second kappa shape index (κ2) is 5.36. The van der Waals surface area contributed by atoms with Gasteiger partial charge in [0.25, 0.3) is 0 Å². The third-order valence-electron chi connectivity index (χ3n) is 2.03. The molecule has 0 aromatic heterocycles. The zero-order valence-corrected chi connectivity index (χ0v) is 9.20. The van der Waals surface area contributed by atoms with Crippen LogP contribution in [-0.2, 0) is 4.84 Å². The Kier molecular flexibility index (Phi) is 4.12. The van der Waals surface area contributed by atoms with E-state index >= 15 is 0 Å². The highest BCUT2D eigenvalue weighted by Gasteiger charge is 2.01. The van der Waals surface area contributed by atoms with Crippen molar-refractivity contribution < 1.29 is 9.63 Å². The van der Waals surface area contributed by atoms with Gasteiger partial charge in [0.2, 0.25) is 0 Å². The predicted molar refractivity (Wildman–Crippen MR) is 59.7 cm³/mol. The van der Waals surface area contributed by atoms with Gasteiger partial charge in [0.05, 0.1) is 7.11 Å². The average Bonchev–Trinajstić information content (AvgIpc) is 2.18. The molecule has 1 rings (SSSR count). The zero-order valence-electron chi connectivity index (χ0n) is 9.20. The molecule has 1 aromatic rings. The molecule has 0 unspecified atom stereocenters. The van der Waals surface area contributed by atoms with Crippen molar-refractivity contribution in [2.24, 2.45) is 0 Å². The smallest absolute Gasteiger partial charge is 0.306 e. The Labute approximate surface area is 89.6 Å². The van der Waals surface area contributed by atoms with Crippen molar-refractivity contribution in [1.29, 1.82) is 0 Å². The quantitative estimate of drug-likeness (QED) is 0.750. The Bertz CT molecular complexity index is 320. The van der Waals surface area contributed by atoms with Gasteiger partial charge in [-0.2, -0.15) is 0 Å². The Morgan fingerprint density at radius 1 is 1.27 bits per heavy atom. The first-order chi connectivity index (χ1) is 7.13. The molecule has 0 saturated carbocycles. The lowest BCUT2D eigenvalue weighted by atomic mass is 10.0. The number of benzene rings is 1. The molecular formula is C11H16N2O2. The first-order valence-electron chi connectivity index (χ1n) is 4.83. The summed E-state index contributed by atoms with van der Waals surface area (Å²) in [5.74, 6) is 0.492. The van der Waals surface area contributed by atoms with Gasteiger partial charge >= 0.3 is 6.03 Å². The van der Waals surface area contributed by atoms with Crippen LogP contribution in [0.1, 0.15) is 25.3 Å². The van der Waals surface area contributed by atoms with E-state index in [1.54, 1.807) is 0 Å². The fraction of sp³-hybridized carbons (Fsp3) is 0.364. The summed E-state index contributed by atoms with van der Waals surface area (Å²) in [5, 5.41) is 2.63. The van der Waals surface area contributed by atoms with Crippen LogP contribution in [0.5, 0.6) is 0 Å². The molecule has 15 heavy (non-hydrogen) atoms. The van der Waals surface area contributed by atoms with Crippen LogP contribution in [0.2, 0.25) is 0 Å². The van der Waals surface area contributed by atoms with Gasteiger partial charge in [-0.1, -0.05) is 26.0 Å². The van der Waals surface area contributed by atoms with Gasteiger partial charge in [-0.05, 0) is 23.6 Å². The van der Waals surface area contributed by atoms with Gasteiger partial charge in [0.1, 0.15) is 0 Å². The molecule has 0 fully saturated rings. The molecule has 0 aliphatic carbocycles. The van der Waals surface area contributed by atoms with E-state index in [1.807, 2.05) is 24.3 Å². The van der Waals surface area contributed by atoms with Crippen molar-refractivity contribution in [3.05, 3.63) is 29.8 Å². The minimum atomic E-state index is -0.380. The topological polar surface area (TPSA) is 50.4 Å². The molecule has 0 saturated heterocycles. The van der Waals surface area contributed by atoms with Crippen LogP contribution in [0.15, 0.2) is 24.3 Å². The van der Waals surface area contributed by atoms with Crippen LogP contribution in [0.4, 0.5) is 10.5 Å². The highest BCUT2D eigenvalue weighted by atomic mass is 16.6. The molecule has 0 aliphatic heterocycles. The summed E-state index contributed by atoms with van der Waals surface area (Å²) >= 11 is 0. The first-order valence-corrected chi connectivity index (χ1v) is 4.83. The van der Waals surface area contributed by atoms with Crippen molar-refractivity contribution in [3.8, 4) is 0 Å². The molecule has 4 nitrogen and oxygen atoms in total. The van der Waals surface area contributed by atoms with Crippen molar-refractivity contribution in [1.82, 2.24) is 5.48 Å². The van der Waals surface area contributed by atoms with Gasteiger partial charge in [-0.15, -0.1) is 0 Å². The number of rotatable bonds is 3. The van der Waals surface area contributed by atoms with Gasteiger partial charge in [-0.25, -0.2) is 10.3 Å². The standard InChI is InChI=1S/C11H16N2O2/c1-8(2)9-4-6-10(7-5-9)12-11(14)13-15-3/h4-8H,1-3H3,(H2,12,13,14). The van der Waals surface area contributed by atoms with Crippen molar-refractivity contribution in [3.63, 3.8) is 0 Å². The lowest BCUT2D eigenvalue weighted by molar-refractivity contribution is 0.114. The number of carbonyl (C=O) groups is 1. The largest absolute Gasteiger partial charge is 0.343 e. The fourth-order valence-corrected chi connectivity index (χ4v) is 1.20. The molecule has 0 bridgehead atoms. The van der Waals surface area contributed by atoms with E-state index in [0.717, 1.165) is 5.69 Å². The SMILES string of the molecule is CONC(=O)Nc1ccc(C(C)C)cc1. The highest BCUT2D eigenvalue weighted by Crippen LogP contribution is 2.16. The maximum Gasteiger partial charge on any atom is 0.343 e. The lowest BCUT2D eigenvalue weighted by Gasteiger charge is -2.08. The van der Waals surface area contributed by atoms with E-state index in [4.69, 9.17) is 0 Å². The summed E-state index contributed by atoms with van der Waals surface area (Å²) < 4.78 is 0. The van der Waals surface area contributed by atoms with E-state index in [1.165, 1.54) is 12.7 Å². The molecule has 2 amide bonds. The Balaban J connectivity index is 2.60. The second-order valence-electron chi connectivity index (χ2n) is 3.54. The van der Waals surface area contributed by atoms with Crippen LogP contribution in [0.25, 0.3) is 0 Å². The second-order valence-corrected chi connectivity index (χ2v) is 3.54. The number of urea groups is 1. The third kappa shape index (κ3) is 3.59. The average molecular weight is 208 g/mol. The Morgan fingerprint density at radius 2 is 1.87 bits per heavy atom. The van der Waals surface area contributed by atoms with E-state index in [2.05, 4.69) is 29.5 Å². The summed E-state index contributed by atoms with van der Waals surface area (Å²) in [6.07, 6.45) is 0. The van der Waals surface area contributed by atoms with Crippen LogP contribution >= 0.6 is 0 Å². The lowest BCUT2D eigenvalue weighted by Crippen LogP contribution is -2.27. The zero-order chi connectivity index (χ0) is 11.3. The minimum absolute atomic E-state index is 0.380. The molecule has 0 spiro atoms. The van der Waals surface area contributed by atoms with Crippen LogP contribution in [-0.4, -0.2) is 13.1 Å². The van der Waals surface area contributed by atoms with Crippen LogP contribution in [0.3, 0.4) is 0 Å². The number of hydroxylamine groups is 1. The van der Waals surface area contributed by atoms with E-state index < -0.39 is 0 Å². The normalized spacial score (nSPS) is 10.1. The summed E-state index contributed by atoms with van der Waals surface area (Å²) in [6, 6.07) is 7.34. The molecule has 2 N–H and O–H groups in total. The summed E-state index contributed by atoms with van der Waals surface area (Å²) in [6.45, 7) is 4.25. The minimum Gasteiger partial charge on any atom is -0.306 e. The highest BCUT2D eigenvalue weighted by molar-refractivity contribution is 5.88. The fourth-order valence-electron chi connectivity index (χ4n) is 1.20. The van der Waals surface area contributed by atoms with E-state index in [0.29, 0.717) is 5.92 Å². The van der Waals surface area contributed by atoms with Crippen molar-refractivity contribution in [2.75, 3.05) is 12.4 Å².